The fraction of sp³-hybridized carbons (Fsp3) is 0.944. The van der Waals surface area contributed by atoms with E-state index in [1.54, 1.807) is 4.90 Å². The molecule has 0 aromatic rings. The Morgan fingerprint density at radius 3 is 1.71 bits per heavy atom. The van der Waals surface area contributed by atoms with Crippen molar-refractivity contribution in [3.05, 3.63) is 0 Å². The summed E-state index contributed by atoms with van der Waals surface area (Å²) in [6, 6.07) is 0.543. The predicted molar refractivity (Wildman–Crippen MR) is 97.3 cm³/mol. The molecule has 0 bridgehead atoms. The molecule has 0 aromatic carbocycles. The van der Waals surface area contributed by atoms with E-state index in [4.69, 9.17) is 14.2 Å². The zero-order chi connectivity index (χ0) is 18.4. The van der Waals surface area contributed by atoms with Gasteiger partial charge in [0.1, 0.15) is 0 Å². The summed E-state index contributed by atoms with van der Waals surface area (Å²) < 4.78 is 16.4. The SMILES string of the molecule is CC(C)CC(=O)N(C)CCOCCOCCOCCN(C)C(C)C. The number of hydrogen-bond acceptors (Lipinski definition) is 5. The topological polar surface area (TPSA) is 51.2 Å². The highest BCUT2D eigenvalue weighted by atomic mass is 16.5. The molecule has 144 valence electrons. The van der Waals surface area contributed by atoms with Gasteiger partial charge in [-0.1, -0.05) is 13.8 Å². The van der Waals surface area contributed by atoms with E-state index in [-0.39, 0.29) is 5.91 Å². The number of carbonyl (C=O) groups excluding carboxylic acids is 1. The van der Waals surface area contributed by atoms with Gasteiger partial charge in [0, 0.05) is 32.6 Å². The van der Waals surface area contributed by atoms with Gasteiger partial charge in [0.25, 0.3) is 0 Å². The summed E-state index contributed by atoms with van der Waals surface area (Å²) in [5.41, 5.74) is 0. The Bertz CT molecular complexity index is 311. The van der Waals surface area contributed by atoms with E-state index in [2.05, 4.69) is 25.8 Å². The van der Waals surface area contributed by atoms with Crippen LogP contribution in [0.2, 0.25) is 0 Å². The molecule has 0 aromatic heterocycles. The highest BCUT2D eigenvalue weighted by molar-refractivity contribution is 5.75. The summed E-state index contributed by atoms with van der Waals surface area (Å²) in [4.78, 5) is 15.7. The molecule has 6 nitrogen and oxygen atoms in total. The van der Waals surface area contributed by atoms with Crippen LogP contribution in [-0.4, -0.2) is 88.6 Å². The largest absolute Gasteiger partial charge is 0.378 e. The molecule has 0 saturated heterocycles. The third-order valence-corrected chi connectivity index (χ3v) is 3.79. The molecule has 0 saturated carbocycles. The number of rotatable bonds is 15. The maximum Gasteiger partial charge on any atom is 0.222 e. The second kappa shape index (κ2) is 14.6. The molecule has 0 aliphatic heterocycles. The van der Waals surface area contributed by atoms with Gasteiger partial charge < -0.3 is 24.0 Å². The summed E-state index contributed by atoms with van der Waals surface area (Å²) in [5, 5.41) is 0. The Kier molecular flexibility index (Phi) is 14.2. The monoisotopic (exact) mass is 346 g/mol. The van der Waals surface area contributed by atoms with Gasteiger partial charge in [-0.05, 0) is 26.8 Å². The number of hydrogen-bond donors (Lipinski definition) is 0. The Labute approximate surface area is 148 Å². The predicted octanol–water partition coefficient (Wildman–Crippen LogP) is 1.88. The molecule has 0 N–H and O–H groups in total. The molecule has 0 spiro atoms. The van der Waals surface area contributed by atoms with Gasteiger partial charge in [0.2, 0.25) is 5.91 Å². The minimum absolute atomic E-state index is 0.171. The Morgan fingerprint density at radius 2 is 1.25 bits per heavy atom. The molecule has 24 heavy (non-hydrogen) atoms. The van der Waals surface area contributed by atoms with Gasteiger partial charge in [-0.15, -0.1) is 0 Å². The Morgan fingerprint density at radius 1 is 0.792 bits per heavy atom. The van der Waals surface area contributed by atoms with Crippen LogP contribution >= 0.6 is 0 Å². The number of nitrogens with zero attached hydrogens (tertiary/aromatic N) is 2. The van der Waals surface area contributed by atoms with Crippen molar-refractivity contribution in [2.24, 2.45) is 5.92 Å². The summed E-state index contributed by atoms with van der Waals surface area (Å²) in [5.74, 6) is 0.562. The van der Waals surface area contributed by atoms with Gasteiger partial charge >= 0.3 is 0 Å². The molecule has 0 aliphatic rings. The first-order valence-corrected chi connectivity index (χ1v) is 9.02. The summed E-state index contributed by atoms with van der Waals surface area (Å²) >= 11 is 0. The Hall–Kier alpha value is -0.690. The fourth-order valence-corrected chi connectivity index (χ4v) is 1.84. The lowest BCUT2D eigenvalue weighted by Crippen LogP contribution is -2.31. The summed E-state index contributed by atoms with van der Waals surface area (Å²) in [7, 11) is 3.91. The van der Waals surface area contributed by atoms with Crippen molar-refractivity contribution in [1.29, 1.82) is 0 Å². The van der Waals surface area contributed by atoms with Crippen LogP contribution in [0.1, 0.15) is 34.1 Å². The number of ether oxygens (including phenoxy) is 3. The quantitative estimate of drug-likeness (QED) is 0.424. The van der Waals surface area contributed by atoms with Gasteiger partial charge in [0.15, 0.2) is 0 Å². The first kappa shape index (κ1) is 23.3. The van der Waals surface area contributed by atoms with Gasteiger partial charge in [-0.2, -0.15) is 0 Å². The van der Waals surface area contributed by atoms with Crippen molar-refractivity contribution in [3.63, 3.8) is 0 Å². The lowest BCUT2D eigenvalue weighted by atomic mass is 10.1. The molecule has 0 aliphatic carbocycles. The summed E-state index contributed by atoms with van der Waals surface area (Å²) in [6.07, 6.45) is 0.590. The highest BCUT2D eigenvalue weighted by Crippen LogP contribution is 2.02. The fourth-order valence-electron chi connectivity index (χ4n) is 1.84. The van der Waals surface area contributed by atoms with Crippen LogP contribution in [0.5, 0.6) is 0 Å². The van der Waals surface area contributed by atoms with E-state index in [1.807, 2.05) is 20.9 Å². The van der Waals surface area contributed by atoms with Gasteiger partial charge in [-0.25, -0.2) is 0 Å². The van der Waals surface area contributed by atoms with Crippen molar-refractivity contribution in [1.82, 2.24) is 9.80 Å². The van der Waals surface area contributed by atoms with Crippen molar-refractivity contribution in [2.45, 2.75) is 40.2 Å². The van der Waals surface area contributed by atoms with Crippen LogP contribution in [0.4, 0.5) is 0 Å². The lowest BCUT2D eigenvalue weighted by molar-refractivity contribution is -0.131. The molecule has 0 fully saturated rings. The number of amides is 1. The average Bonchev–Trinajstić information content (AvgIpc) is 2.51. The van der Waals surface area contributed by atoms with Crippen molar-refractivity contribution < 1.29 is 19.0 Å². The summed E-state index contributed by atoms with van der Waals surface area (Å²) in [6.45, 7) is 13.6. The normalized spacial score (nSPS) is 11.7. The van der Waals surface area contributed by atoms with E-state index >= 15 is 0 Å². The van der Waals surface area contributed by atoms with Crippen LogP contribution in [-0.2, 0) is 19.0 Å². The molecular formula is C18H38N2O4. The second-order valence-electron chi connectivity index (χ2n) is 6.82. The van der Waals surface area contributed by atoms with E-state index in [0.717, 1.165) is 13.2 Å². The first-order chi connectivity index (χ1) is 11.3. The van der Waals surface area contributed by atoms with Gasteiger partial charge in [-0.3, -0.25) is 4.79 Å². The van der Waals surface area contributed by atoms with Crippen LogP contribution in [0.3, 0.4) is 0 Å². The van der Waals surface area contributed by atoms with Crippen molar-refractivity contribution >= 4 is 5.91 Å². The van der Waals surface area contributed by atoms with Gasteiger partial charge in [0.05, 0.1) is 39.6 Å². The lowest BCUT2D eigenvalue weighted by Gasteiger charge is -2.20. The van der Waals surface area contributed by atoms with E-state index in [0.29, 0.717) is 58.0 Å². The van der Waals surface area contributed by atoms with Crippen molar-refractivity contribution in [2.75, 3.05) is 66.8 Å². The molecule has 0 rings (SSSR count). The maximum atomic E-state index is 11.8. The van der Waals surface area contributed by atoms with E-state index in [1.165, 1.54) is 0 Å². The standard InChI is InChI=1S/C18H38N2O4/c1-16(2)15-18(21)20(6)8-10-23-12-14-24-13-11-22-9-7-19(5)17(3)4/h16-17H,7-15H2,1-6H3. The second-order valence-corrected chi connectivity index (χ2v) is 6.82. The molecule has 0 atom stereocenters. The van der Waals surface area contributed by atoms with Crippen LogP contribution in [0.15, 0.2) is 0 Å². The van der Waals surface area contributed by atoms with Crippen LogP contribution in [0, 0.1) is 5.92 Å². The smallest absolute Gasteiger partial charge is 0.222 e. The maximum absolute atomic E-state index is 11.8. The molecule has 0 heterocycles. The Balaban J connectivity index is 3.32. The molecule has 0 radical (unpaired) electrons. The van der Waals surface area contributed by atoms with E-state index in [9.17, 15) is 4.79 Å². The zero-order valence-corrected chi connectivity index (χ0v) is 16.5. The molecule has 6 heteroatoms. The van der Waals surface area contributed by atoms with Crippen LogP contribution < -0.4 is 0 Å². The number of carbonyl (C=O) groups is 1. The molecular weight excluding hydrogens is 308 g/mol. The number of likely N-dealkylation sites (N-methyl/N-ethyl adjacent to an activating group) is 2. The zero-order valence-electron chi connectivity index (χ0n) is 16.5. The highest BCUT2D eigenvalue weighted by Gasteiger charge is 2.09. The third kappa shape index (κ3) is 13.7. The van der Waals surface area contributed by atoms with Crippen LogP contribution in [0.25, 0.3) is 0 Å². The molecule has 1 amide bonds. The average molecular weight is 347 g/mol. The molecule has 0 unspecified atom stereocenters. The minimum atomic E-state index is 0.171. The third-order valence-electron chi connectivity index (χ3n) is 3.79. The van der Waals surface area contributed by atoms with Crippen molar-refractivity contribution in [3.8, 4) is 0 Å². The van der Waals surface area contributed by atoms with E-state index < -0.39 is 0 Å². The first-order valence-electron chi connectivity index (χ1n) is 9.02. The minimum Gasteiger partial charge on any atom is -0.378 e.